The maximum atomic E-state index is 10.5. The van der Waals surface area contributed by atoms with Gasteiger partial charge >= 0.3 is 11.9 Å². The second-order valence-electron chi connectivity index (χ2n) is 4.26. The molecule has 0 aromatic rings. The van der Waals surface area contributed by atoms with Crippen LogP contribution in [-0.2, 0) is 9.59 Å². The number of aliphatic hydroxyl groups excluding tert-OH is 5. The third-order valence-corrected chi connectivity index (χ3v) is 2.49. The van der Waals surface area contributed by atoms with Gasteiger partial charge in [0.25, 0.3) is 0 Å². The second-order valence-corrected chi connectivity index (χ2v) is 4.26. The molecule has 10 nitrogen and oxygen atoms in total. The van der Waals surface area contributed by atoms with E-state index >= 15 is 0 Å². The molecule has 7 N–H and O–H groups in total. The summed E-state index contributed by atoms with van der Waals surface area (Å²) in [7, 11) is 0. The Hall–Kier alpha value is -1.30. The van der Waals surface area contributed by atoms with E-state index < -0.39 is 62.6 Å². The minimum absolute atomic E-state index is 0.547. The zero-order chi connectivity index (χ0) is 15.9. The molecule has 0 bridgehead atoms. The molecule has 0 fully saturated rings. The van der Waals surface area contributed by atoms with Crippen molar-refractivity contribution in [3.63, 3.8) is 0 Å². The van der Waals surface area contributed by atoms with Gasteiger partial charge in [-0.15, -0.1) is 0 Å². The third kappa shape index (κ3) is 6.75. The van der Waals surface area contributed by atoms with Crippen molar-refractivity contribution in [1.82, 2.24) is 4.90 Å². The van der Waals surface area contributed by atoms with Crippen LogP contribution in [0, 0.1) is 0 Å². The number of hydrogen-bond donors (Lipinski definition) is 7. The molecule has 0 spiro atoms. The lowest BCUT2D eigenvalue weighted by Gasteiger charge is -2.28. The predicted molar refractivity (Wildman–Crippen MR) is 62.8 cm³/mol. The minimum Gasteiger partial charge on any atom is -0.480 e. The summed E-state index contributed by atoms with van der Waals surface area (Å²) in [5.41, 5.74) is 0. The Morgan fingerprint density at radius 2 is 1.25 bits per heavy atom. The molecule has 0 amide bonds. The zero-order valence-electron chi connectivity index (χ0n) is 10.5. The van der Waals surface area contributed by atoms with Gasteiger partial charge in [-0.2, -0.15) is 0 Å². The first-order valence-electron chi connectivity index (χ1n) is 5.68. The SMILES string of the molecule is O=C(O)CN(CC(=O)O)C[C@H](O)[C@H](O)[C@H](O)[C@@H](O)CO. The molecule has 0 saturated carbocycles. The number of carbonyl (C=O) groups is 2. The van der Waals surface area contributed by atoms with Crippen LogP contribution in [0.3, 0.4) is 0 Å². The fourth-order valence-electron chi connectivity index (χ4n) is 1.50. The number of carboxylic acid groups (broad SMARTS) is 2. The highest BCUT2D eigenvalue weighted by molar-refractivity contribution is 5.72. The largest absolute Gasteiger partial charge is 0.480 e. The molecule has 0 saturated heterocycles. The summed E-state index contributed by atoms with van der Waals surface area (Å²) in [6, 6.07) is 0. The van der Waals surface area contributed by atoms with E-state index in [9.17, 15) is 24.9 Å². The van der Waals surface area contributed by atoms with Crippen LogP contribution in [-0.4, -0.2) is 103 Å². The lowest BCUT2D eigenvalue weighted by molar-refractivity contribution is -0.145. The Labute approximate surface area is 114 Å². The summed E-state index contributed by atoms with van der Waals surface area (Å²) in [4.78, 5) is 21.9. The molecular weight excluding hydrogens is 278 g/mol. The average Bonchev–Trinajstić information content (AvgIpc) is 2.34. The normalized spacial score (nSPS) is 17.5. The summed E-state index contributed by atoms with van der Waals surface area (Å²) in [6.45, 7) is -2.77. The van der Waals surface area contributed by atoms with Crippen LogP contribution < -0.4 is 0 Å². The van der Waals surface area contributed by atoms with Gasteiger partial charge in [-0.3, -0.25) is 14.5 Å². The predicted octanol–water partition coefficient (Wildman–Crippen LogP) is -4.11. The van der Waals surface area contributed by atoms with Crippen molar-refractivity contribution in [3.05, 3.63) is 0 Å². The first kappa shape index (κ1) is 18.7. The van der Waals surface area contributed by atoms with E-state index in [-0.39, 0.29) is 0 Å². The summed E-state index contributed by atoms with van der Waals surface area (Å²) >= 11 is 0. The average molecular weight is 297 g/mol. The van der Waals surface area contributed by atoms with E-state index in [1.165, 1.54) is 0 Å². The quantitative estimate of drug-likeness (QED) is 0.209. The second kappa shape index (κ2) is 8.79. The van der Waals surface area contributed by atoms with Crippen molar-refractivity contribution in [2.75, 3.05) is 26.2 Å². The molecule has 0 aromatic carbocycles. The van der Waals surface area contributed by atoms with E-state index in [0.29, 0.717) is 0 Å². The van der Waals surface area contributed by atoms with Gasteiger partial charge in [0.2, 0.25) is 0 Å². The molecule has 0 radical (unpaired) electrons. The Bertz CT molecular complexity index is 308. The molecule has 0 unspecified atom stereocenters. The van der Waals surface area contributed by atoms with Crippen LogP contribution in [0.2, 0.25) is 0 Å². The fourth-order valence-corrected chi connectivity index (χ4v) is 1.50. The van der Waals surface area contributed by atoms with Crippen molar-refractivity contribution in [3.8, 4) is 0 Å². The number of hydrogen-bond acceptors (Lipinski definition) is 8. The maximum absolute atomic E-state index is 10.5. The molecule has 0 aliphatic rings. The number of aliphatic carboxylic acids is 2. The highest BCUT2D eigenvalue weighted by Crippen LogP contribution is 2.07. The van der Waals surface area contributed by atoms with Gasteiger partial charge in [0, 0.05) is 6.54 Å². The molecule has 118 valence electrons. The Morgan fingerprint density at radius 3 is 1.60 bits per heavy atom. The van der Waals surface area contributed by atoms with Gasteiger partial charge < -0.3 is 35.7 Å². The fraction of sp³-hybridized carbons (Fsp3) is 0.800. The summed E-state index contributed by atoms with van der Waals surface area (Å²) in [5.74, 6) is -2.66. The number of rotatable bonds is 10. The highest BCUT2D eigenvalue weighted by atomic mass is 16.4. The van der Waals surface area contributed by atoms with Gasteiger partial charge in [0.1, 0.15) is 18.3 Å². The standard InChI is InChI=1S/C10H19NO9/c12-4-6(14)10(20)9(19)5(13)1-11(2-7(15)16)3-8(17)18/h5-6,9-10,12-14,19-20H,1-4H2,(H,15,16)(H,17,18)/t5-,6-,9-,10+/m0/s1. The highest BCUT2D eigenvalue weighted by Gasteiger charge is 2.31. The molecule has 0 aliphatic carbocycles. The van der Waals surface area contributed by atoms with E-state index in [1.54, 1.807) is 0 Å². The molecule has 0 rings (SSSR count). The van der Waals surface area contributed by atoms with Gasteiger partial charge in [0.05, 0.1) is 25.8 Å². The van der Waals surface area contributed by atoms with Crippen LogP contribution in [0.4, 0.5) is 0 Å². The topological polar surface area (TPSA) is 179 Å². The molecule has 0 aliphatic heterocycles. The summed E-state index contributed by atoms with van der Waals surface area (Å²) < 4.78 is 0. The van der Waals surface area contributed by atoms with E-state index in [2.05, 4.69) is 0 Å². The van der Waals surface area contributed by atoms with E-state index in [0.717, 1.165) is 4.90 Å². The lowest BCUT2D eigenvalue weighted by atomic mass is 10.0. The van der Waals surface area contributed by atoms with Crippen LogP contribution in [0.15, 0.2) is 0 Å². The zero-order valence-corrected chi connectivity index (χ0v) is 10.5. The smallest absolute Gasteiger partial charge is 0.317 e. The van der Waals surface area contributed by atoms with Crippen molar-refractivity contribution < 1.29 is 45.3 Å². The maximum Gasteiger partial charge on any atom is 0.317 e. The molecule has 20 heavy (non-hydrogen) atoms. The summed E-state index contributed by atoms with van der Waals surface area (Å²) in [6.07, 6.45) is -7.12. The lowest BCUT2D eigenvalue weighted by Crippen LogP contribution is -2.51. The van der Waals surface area contributed by atoms with E-state index in [4.69, 9.17) is 20.4 Å². The first-order chi connectivity index (χ1) is 9.18. The number of aliphatic hydroxyl groups is 5. The van der Waals surface area contributed by atoms with Gasteiger partial charge in [-0.25, -0.2) is 0 Å². The molecule has 0 aromatic heterocycles. The van der Waals surface area contributed by atoms with Crippen LogP contribution in [0.1, 0.15) is 0 Å². The van der Waals surface area contributed by atoms with Crippen molar-refractivity contribution in [2.45, 2.75) is 24.4 Å². The summed E-state index contributed by atoms with van der Waals surface area (Å²) in [5, 5.41) is 63.3. The molecule has 10 heteroatoms. The van der Waals surface area contributed by atoms with Crippen LogP contribution >= 0.6 is 0 Å². The number of carboxylic acids is 2. The van der Waals surface area contributed by atoms with Crippen molar-refractivity contribution in [2.24, 2.45) is 0 Å². The Morgan fingerprint density at radius 1 is 0.850 bits per heavy atom. The number of nitrogens with zero attached hydrogens (tertiary/aromatic N) is 1. The Kier molecular flexibility index (Phi) is 8.22. The van der Waals surface area contributed by atoms with Crippen molar-refractivity contribution in [1.29, 1.82) is 0 Å². The van der Waals surface area contributed by atoms with Crippen LogP contribution in [0.25, 0.3) is 0 Å². The monoisotopic (exact) mass is 297 g/mol. The minimum atomic E-state index is -1.87. The third-order valence-electron chi connectivity index (χ3n) is 2.49. The molecule has 4 atom stereocenters. The molecule has 0 heterocycles. The first-order valence-corrected chi connectivity index (χ1v) is 5.68. The van der Waals surface area contributed by atoms with E-state index in [1.807, 2.05) is 0 Å². The Balaban J connectivity index is 4.60. The molecular formula is C10H19NO9. The van der Waals surface area contributed by atoms with Gasteiger partial charge in [-0.1, -0.05) is 0 Å². The van der Waals surface area contributed by atoms with Gasteiger partial charge in [-0.05, 0) is 0 Å². The van der Waals surface area contributed by atoms with Gasteiger partial charge in [0.15, 0.2) is 0 Å². The van der Waals surface area contributed by atoms with Crippen molar-refractivity contribution >= 4 is 11.9 Å². The van der Waals surface area contributed by atoms with Crippen LogP contribution in [0.5, 0.6) is 0 Å².